The summed E-state index contributed by atoms with van der Waals surface area (Å²) in [5.41, 5.74) is 6.82. The minimum atomic E-state index is -3.49. The molecule has 140 valence electrons. The molecule has 1 fully saturated rings. The van der Waals surface area contributed by atoms with E-state index in [-0.39, 0.29) is 10.9 Å². The van der Waals surface area contributed by atoms with Crippen LogP contribution in [-0.4, -0.2) is 26.5 Å². The zero-order chi connectivity index (χ0) is 18.3. The van der Waals surface area contributed by atoms with E-state index < -0.39 is 10.0 Å². The van der Waals surface area contributed by atoms with Crippen molar-refractivity contribution in [1.82, 2.24) is 10.0 Å². The van der Waals surface area contributed by atoms with Gasteiger partial charge in [-0.2, -0.15) is 0 Å². The summed E-state index contributed by atoms with van der Waals surface area (Å²) in [6, 6.07) is 7.07. The second-order valence-electron chi connectivity index (χ2n) is 6.96. The molecule has 4 N–H and O–H groups in total. The van der Waals surface area contributed by atoms with Crippen LogP contribution in [-0.2, 0) is 16.6 Å². The van der Waals surface area contributed by atoms with Crippen molar-refractivity contribution in [2.45, 2.75) is 75.9 Å². The summed E-state index contributed by atoms with van der Waals surface area (Å²) in [6.45, 7) is 3.95. The highest BCUT2D eigenvalue weighted by molar-refractivity contribution is 7.89. The Labute approximate surface area is 151 Å². The molecule has 0 saturated heterocycles. The van der Waals surface area contributed by atoms with E-state index in [1.807, 2.05) is 6.07 Å². The van der Waals surface area contributed by atoms with Crippen molar-refractivity contribution in [3.8, 4) is 0 Å². The monoisotopic (exact) mass is 366 g/mol. The van der Waals surface area contributed by atoms with Crippen LogP contribution >= 0.6 is 0 Å². The van der Waals surface area contributed by atoms with E-state index in [0.29, 0.717) is 18.5 Å². The third-order valence-electron chi connectivity index (χ3n) is 4.24. The summed E-state index contributed by atoms with van der Waals surface area (Å²) in [5.74, 6) is 0.431. The number of nitrogens with one attached hydrogen (secondary N) is 2. The van der Waals surface area contributed by atoms with Crippen LogP contribution in [0, 0.1) is 0 Å². The average molecular weight is 367 g/mol. The molecule has 1 aliphatic carbocycles. The summed E-state index contributed by atoms with van der Waals surface area (Å²) in [6.07, 6.45) is 7.30. The Morgan fingerprint density at radius 3 is 2.56 bits per heavy atom. The van der Waals surface area contributed by atoms with Crippen LogP contribution in [0.25, 0.3) is 0 Å². The molecular formula is C18H30N4O2S. The van der Waals surface area contributed by atoms with Crippen LogP contribution in [0.4, 0.5) is 0 Å². The van der Waals surface area contributed by atoms with Gasteiger partial charge in [-0.3, -0.25) is 0 Å². The van der Waals surface area contributed by atoms with Crippen LogP contribution in [0.2, 0.25) is 0 Å². The number of guanidine groups is 1. The van der Waals surface area contributed by atoms with Crippen molar-refractivity contribution in [1.29, 1.82) is 0 Å². The minimum Gasteiger partial charge on any atom is -0.370 e. The van der Waals surface area contributed by atoms with Gasteiger partial charge in [-0.05, 0) is 44.4 Å². The lowest BCUT2D eigenvalue weighted by molar-refractivity contribution is 0.530. The van der Waals surface area contributed by atoms with Crippen molar-refractivity contribution in [2.75, 3.05) is 0 Å². The second-order valence-corrected chi connectivity index (χ2v) is 8.67. The van der Waals surface area contributed by atoms with Gasteiger partial charge in [-0.25, -0.2) is 18.1 Å². The topological polar surface area (TPSA) is 96.6 Å². The lowest BCUT2D eigenvalue weighted by Crippen LogP contribution is -2.39. The Bertz CT molecular complexity index is 678. The van der Waals surface area contributed by atoms with E-state index >= 15 is 0 Å². The fourth-order valence-corrected chi connectivity index (χ4v) is 4.37. The van der Waals surface area contributed by atoms with Crippen LogP contribution in [0.3, 0.4) is 0 Å². The summed E-state index contributed by atoms with van der Waals surface area (Å²) in [7, 11) is -3.49. The molecule has 0 heterocycles. The first-order chi connectivity index (χ1) is 11.9. The number of benzene rings is 1. The van der Waals surface area contributed by atoms with E-state index in [0.717, 1.165) is 18.4 Å². The molecule has 0 unspecified atom stereocenters. The van der Waals surface area contributed by atoms with Gasteiger partial charge in [0.2, 0.25) is 10.0 Å². The predicted molar refractivity (Wildman–Crippen MR) is 102 cm³/mol. The molecule has 1 aromatic carbocycles. The van der Waals surface area contributed by atoms with Gasteiger partial charge in [0.15, 0.2) is 5.96 Å². The second kappa shape index (κ2) is 9.20. The standard InChI is InChI=1S/C18H30N4O2S/c1-14(2)22-25(23,24)17-11-7-8-15(12-17)13-20-18(19)21-16-9-5-3-4-6-10-16/h7-8,11-12,14,16,22H,3-6,9-10,13H2,1-2H3,(H3,19,20,21). The van der Waals surface area contributed by atoms with Gasteiger partial charge in [0.25, 0.3) is 0 Å². The Morgan fingerprint density at radius 2 is 1.92 bits per heavy atom. The number of rotatable bonds is 6. The first kappa shape index (κ1) is 19.7. The molecule has 1 aliphatic rings. The number of nitrogens with zero attached hydrogens (tertiary/aromatic N) is 1. The Morgan fingerprint density at radius 1 is 1.24 bits per heavy atom. The smallest absolute Gasteiger partial charge is 0.240 e. The highest BCUT2D eigenvalue weighted by Crippen LogP contribution is 2.17. The van der Waals surface area contributed by atoms with Crippen molar-refractivity contribution >= 4 is 16.0 Å². The molecule has 0 aliphatic heterocycles. The fourth-order valence-electron chi connectivity index (χ4n) is 3.04. The molecule has 0 atom stereocenters. The minimum absolute atomic E-state index is 0.147. The molecule has 0 spiro atoms. The molecule has 1 aromatic rings. The molecule has 2 rings (SSSR count). The quantitative estimate of drug-likeness (QED) is 0.409. The van der Waals surface area contributed by atoms with Crippen LogP contribution in [0.5, 0.6) is 0 Å². The highest BCUT2D eigenvalue weighted by Gasteiger charge is 2.15. The summed E-state index contributed by atoms with van der Waals surface area (Å²) >= 11 is 0. The fraction of sp³-hybridized carbons (Fsp3) is 0.611. The normalized spacial score (nSPS) is 17.5. The molecule has 0 bridgehead atoms. The maximum absolute atomic E-state index is 12.2. The van der Waals surface area contributed by atoms with Gasteiger partial charge in [0.05, 0.1) is 11.4 Å². The van der Waals surface area contributed by atoms with E-state index in [1.54, 1.807) is 32.0 Å². The molecule has 0 aromatic heterocycles. The van der Waals surface area contributed by atoms with Crippen molar-refractivity contribution in [3.63, 3.8) is 0 Å². The van der Waals surface area contributed by atoms with Gasteiger partial charge < -0.3 is 11.1 Å². The van der Waals surface area contributed by atoms with E-state index in [4.69, 9.17) is 5.73 Å². The number of sulfonamides is 1. The average Bonchev–Trinajstić information content (AvgIpc) is 2.81. The predicted octanol–water partition coefficient (Wildman–Crippen LogP) is 2.50. The van der Waals surface area contributed by atoms with Gasteiger partial charge >= 0.3 is 0 Å². The molecule has 1 saturated carbocycles. The SMILES string of the molecule is CC(C)NS(=O)(=O)c1cccc(CN=C(N)NC2CCCCCC2)c1. The zero-order valence-corrected chi connectivity index (χ0v) is 16.0. The molecule has 0 amide bonds. The maximum Gasteiger partial charge on any atom is 0.240 e. The number of aliphatic imine (C=N–C) groups is 1. The largest absolute Gasteiger partial charge is 0.370 e. The molecule has 6 nitrogen and oxygen atoms in total. The van der Waals surface area contributed by atoms with Gasteiger partial charge in [0, 0.05) is 12.1 Å². The number of nitrogens with two attached hydrogens (primary N) is 1. The van der Waals surface area contributed by atoms with Gasteiger partial charge in [-0.1, -0.05) is 37.8 Å². The molecular weight excluding hydrogens is 336 g/mol. The highest BCUT2D eigenvalue weighted by atomic mass is 32.2. The van der Waals surface area contributed by atoms with Crippen molar-refractivity contribution in [3.05, 3.63) is 29.8 Å². The van der Waals surface area contributed by atoms with E-state index in [1.165, 1.54) is 25.7 Å². The molecule has 25 heavy (non-hydrogen) atoms. The zero-order valence-electron chi connectivity index (χ0n) is 15.2. The van der Waals surface area contributed by atoms with Crippen LogP contribution < -0.4 is 15.8 Å². The number of hydrogen-bond acceptors (Lipinski definition) is 3. The van der Waals surface area contributed by atoms with Crippen molar-refractivity contribution < 1.29 is 8.42 Å². The Kier molecular flexibility index (Phi) is 7.25. The molecule has 0 radical (unpaired) electrons. The van der Waals surface area contributed by atoms with Crippen LogP contribution in [0.1, 0.15) is 57.9 Å². The summed E-state index contributed by atoms with van der Waals surface area (Å²) < 4.78 is 27.1. The van der Waals surface area contributed by atoms with Gasteiger partial charge in [0.1, 0.15) is 0 Å². The van der Waals surface area contributed by atoms with Crippen molar-refractivity contribution in [2.24, 2.45) is 10.7 Å². The summed E-state index contributed by atoms with van der Waals surface area (Å²) in [4.78, 5) is 4.63. The lowest BCUT2D eigenvalue weighted by Gasteiger charge is -2.16. The Balaban J connectivity index is 1.99. The van der Waals surface area contributed by atoms with Gasteiger partial charge in [-0.15, -0.1) is 0 Å². The first-order valence-corrected chi connectivity index (χ1v) is 10.5. The van der Waals surface area contributed by atoms with E-state index in [2.05, 4.69) is 15.0 Å². The third-order valence-corrected chi connectivity index (χ3v) is 5.89. The maximum atomic E-state index is 12.2. The molecule has 7 heteroatoms. The number of hydrogen-bond donors (Lipinski definition) is 3. The third kappa shape index (κ3) is 6.66. The van der Waals surface area contributed by atoms with Crippen LogP contribution in [0.15, 0.2) is 34.2 Å². The first-order valence-electron chi connectivity index (χ1n) is 9.04. The summed E-state index contributed by atoms with van der Waals surface area (Å²) in [5, 5.41) is 3.30. The lowest BCUT2D eigenvalue weighted by atomic mass is 10.1. The Hall–Kier alpha value is -1.60. The van der Waals surface area contributed by atoms with E-state index in [9.17, 15) is 8.42 Å².